The van der Waals surface area contributed by atoms with Crippen molar-refractivity contribution >= 4 is 28.9 Å². The van der Waals surface area contributed by atoms with Crippen molar-refractivity contribution in [3.8, 4) is 0 Å². The number of halogens is 2. The van der Waals surface area contributed by atoms with E-state index in [1.807, 2.05) is 6.55 Å². The highest BCUT2D eigenvalue weighted by Gasteiger charge is 2.24. The molecule has 3 heteroatoms. The molecule has 0 aromatic heterocycles. The van der Waals surface area contributed by atoms with Crippen LogP contribution in [0.4, 0.5) is 0 Å². The molecule has 0 aliphatic heterocycles. The molecule has 0 fully saturated rings. The summed E-state index contributed by atoms with van der Waals surface area (Å²) in [6, 6.07) is 9.86. The first-order chi connectivity index (χ1) is 7.56. The molecule has 0 spiro atoms. The van der Waals surface area contributed by atoms with Crippen LogP contribution in [0.3, 0.4) is 0 Å². The van der Waals surface area contributed by atoms with Gasteiger partial charge in [0.2, 0.25) is 6.69 Å². The van der Waals surface area contributed by atoms with Crippen molar-refractivity contribution in [2.75, 3.05) is 0 Å². The molecule has 0 N–H and O–H groups in total. The maximum atomic E-state index is 6.12. The number of aryl methyl sites for hydroxylation is 1. The van der Waals surface area contributed by atoms with Gasteiger partial charge in [-0.2, -0.15) is 0 Å². The summed E-state index contributed by atoms with van der Waals surface area (Å²) >= 11 is 12.2. The average Bonchev–Trinajstić information content (AvgIpc) is 2.60. The monoisotopic (exact) mass is 272 g/mol. The lowest BCUT2D eigenvalue weighted by molar-refractivity contribution is 0.607. The minimum atomic E-state index is -1.88. The molecule has 0 bridgehead atoms. The molecule has 1 aliphatic rings. The summed E-state index contributed by atoms with van der Waals surface area (Å²) in [7, 11) is 0. The predicted molar refractivity (Wildman–Crippen MR) is 74.9 cm³/mol. The number of benzene rings is 1. The van der Waals surface area contributed by atoms with E-state index in [0.29, 0.717) is 0 Å². The Bertz CT molecular complexity index is 357. The van der Waals surface area contributed by atoms with Crippen molar-refractivity contribution < 1.29 is 0 Å². The molecule has 1 aromatic rings. The van der Waals surface area contributed by atoms with Crippen LogP contribution in [0.25, 0.3) is 0 Å². The summed E-state index contributed by atoms with van der Waals surface area (Å²) in [4.78, 5) is 0. The number of fused-ring (bicyclic) bond motifs is 1. The zero-order valence-corrected chi connectivity index (χ0v) is 12.2. The number of hydrogen-bond acceptors (Lipinski definition) is 0. The van der Waals surface area contributed by atoms with Crippen molar-refractivity contribution in [1.29, 1.82) is 0 Å². The van der Waals surface area contributed by atoms with E-state index in [2.05, 4.69) is 24.3 Å². The minimum absolute atomic E-state index is 0.751. The highest BCUT2D eigenvalue weighted by Crippen LogP contribution is 2.37. The smallest absolute Gasteiger partial charge is 0.146 e. The molecular weight excluding hydrogens is 255 g/mol. The van der Waals surface area contributed by atoms with Gasteiger partial charge >= 0.3 is 0 Å². The van der Waals surface area contributed by atoms with Crippen molar-refractivity contribution in [2.45, 2.75) is 44.2 Å². The predicted octanol–water partition coefficient (Wildman–Crippen LogP) is 5.05. The fourth-order valence-electron chi connectivity index (χ4n) is 2.60. The van der Waals surface area contributed by atoms with Crippen molar-refractivity contribution in [3.05, 3.63) is 35.4 Å². The molecule has 0 amide bonds. The van der Waals surface area contributed by atoms with Crippen LogP contribution in [0.15, 0.2) is 24.3 Å². The average molecular weight is 273 g/mol. The molecule has 0 radical (unpaired) electrons. The van der Waals surface area contributed by atoms with Crippen LogP contribution in [-0.4, -0.2) is 6.69 Å². The van der Waals surface area contributed by atoms with Gasteiger partial charge in [0.1, 0.15) is 0 Å². The second kappa shape index (κ2) is 5.12. The molecule has 88 valence electrons. The summed E-state index contributed by atoms with van der Waals surface area (Å²) in [5, 5.41) is 0. The van der Waals surface area contributed by atoms with Gasteiger partial charge in [-0.15, -0.1) is 22.2 Å². The first-order valence-corrected chi connectivity index (χ1v) is 10.7. The molecule has 0 unspecified atom stereocenters. The summed E-state index contributed by atoms with van der Waals surface area (Å²) in [6.45, 7) is 0.136. The van der Waals surface area contributed by atoms with Gasteiger partial charge in [0, 0.05) is 0 Å². The van der Waals surface area contributed by atoms with Gasteiger partial charge in [-0.25, -0.2) is 0 Å². The molecule has 0 saturated carbocycles. The lowest BCUT2D eigenvalue weighted by Gasteiger charge is -2.14. The first-order valence-electron chi connectivity index (χ1n) is 6.02. The van der Waals surface area contributed by atoms with E-state index in [9.17, 15) is 0 Å². The van der Waals surface area contributed by atoms with E-state index in [1.165, 1.54) is 25.7 Å². The standard InChI is InChI=1S/C13H18Cl2Si/c1-16(14,15)10-4-6-12-9-8-11-5-2-3-7-13(11)12/h2-3,5,7,12H,4,6,8-10H2,1H3/t12-/m0/s1. The van der Waals surface area contributed by atoms with E-state index in [4.69, 9.17) is 22.2 Å². The fourth-order valence-corrected chi connectivity index (χ4v) is 4.23. The Balaban J connectivity index is 1.89. The third-order valence-electron chi connectivity index (χ3n) is 3.43. The number of hydrogen-bond donors (Lipinski definition) is 0. The summed E-state index contributed by atoms with van der Waals surface area (Å²) < 4.78 is 0. The molecule has 1 aromatic carbocycles. The Labute approximate surface area is 108 Å². The van der Waals surface area contributed by atoms with Gasteiger partial charge in [0.15, 0.2) is 0 Å². The van der Waals surface area contributed by atoms with E-state index in [0.717, 1.165) is 12.0 Å². The first kappa shape index (κ1) is 12.5. The Morgan fingerprint density at radius 3 is 2.81 bits per heavy atom. The highest BCUT2D eigenvalue weighted by atomic mass is 35.7. The van der Waals surface area contributed by atoms with Crippen LogP contribution >= 0.6 is 22.2 Å². The normalized spacial score (nSPS) is 19.8. The van der Waals surface area contributed by atoms with Crippen LogP contribution in [0.1, 0.15) is 36.3 Å². The minimum Gasteiger partial charge on any atom is -0.146 e. The van der Waals surface area contributed by atoms with E-state index >= 15 is 0 Å². The van der Waals surface area contributed by atoms with Crippen LogP contribution in [0.2, 0.25) is 12.6 Å². The van der Waals surface area contributed by atoms with Crippen LogP contribution in [0.5, 0.6) is 0 Å². The third-order valence-corrected chi connectivity index (χ3v) is 5.79. The van der Waals surface area contributed by atoms with Gasteiger partial charge in [-0.3, -0.25) is 0 Å². The maximum Gasteiger partial charge on any atom is 0.248 e. The Kier molecular flexibility index (Phi) is 3.99. The van der Waals surface area contributed by atoms with Crippen molar-refractivity contribution in [1.82, 2.24) is 0 Å². The van der Waals surface area contributed by atoms with Gasteiger partial charge in [0.05, 0.1) is 0 Å². The van der Waals surface area contributed by atoms with Gasteiger partial charge < -0.3 is 0 Å². The van der Waals surface area contributed by atoms with Gasteiger partial charge in [0.25, 0.3) is 0 Å². The molecule has 16 heavy (non-hydrogen) atoms. The summed E-state index contributed by atoms with van der Waals surface area (Å²) in [5.74, 6) is 0.751. The maximum absolute atomic E-state index is 6.12. The largest absolute Gasteiger partial charge is 0.248 e. The van der Waals surface area contributed by atoms with Crippen LogP contribution in [0, 0.1) is 0 Å². The molecule has 1 aliphatic carbocycles. The Hall–Kier alpha value is 0.0169. The second-order valence-electron chi connectivity index (χ2n) is 4.90. The SMILES string of the molecule is C[Si](Cl)(Cl)CCC[C@H]1CCc2ccccc21. The van der Waals surface area contributed by atoms with Crippen LogP contribution in [-0.2, 0) is 6.42 Å². The fraction of sp³-hybridized carbons (Fsp3) is 0.538. The molecule has 2 rings (SSSR count). The lowest BCUT2D eigenvalue weighted by Crippen LogP contribution is -2.12. The highest BCUT2D eigenvalue weighted by molar-refractivity contribution is 7.44. The molecule has 0 nitrogen and oxygen atoms in total. The van der Waals surface area contributed by atoms with Crippen LogP contribution < -0.4 is 0 Å². The third kappa shape index (κ3) is 3.25. The van der Waals surface area contributed by atoms with E-state index in [1.54, 1.807) is 11.1 Å². The van der Waals surface area contributed by atoms with E-state index < -0.39 is 6.69 Å². The molecule has 0 saturated heterocycles. The van der Waals surface area contributed by atoms with E-state index in [-0.39, 0.29) is 0 Å². The Morgan fingerprint density at radius 1 is 1.31 bits per heavy atom. The second-order valence-corrected chi connectivity index (χ2v) is 13.1. The van der Waals surface area contributed by atoms with Crippen molar-refractivity contribution in [3.63, 3.8) is 0 Å². The van der Waals surface area contributed by atoms with Crippen molar-refractivity contribution in [2.24, 2.45) is 0 Å². The van der Waals surface area contributed by atoms with Gasteiger partial charge in [-0.1, -0.05) is 30.7 Å². The lowest BCUT2D eigenvalue weighted by atomic mass is 9.97. The topological polar surface area (TPSA) is 0 Å². The molecule has 1 atom stereocenters. The zero-order chi connectivity index (χ0) is 11.6. The quantitative estimate of drug-likeness (QED) is 0.532. The summed E-state index contributed by atoms with van der Waals surface area (Å²) in [6.07, 6.45) is 4.98. The Morgan fingerprint density at radius 2 is 2.06 bits per heavy atom. The molecular formula is C13H18Cl2Si. The van der Waals surface area contributed by atoms with Gasteiger partial charge in [-0.05, 0) is 48.9 Å². The summed E-state index contributed by atoms with van der Waals surface area (Å²) in [5.41, 5.74) is 3.11. The number of rotatable bonds is 4. The molecule has 0 heterocycles. The zero-order valence-electron chi connectivity index (χ0n) is 9.68.